The van der Waals surface area contributed by atoms with Crippen molar-refractivity contribution in [2.24, 2.45) is 5.16 Å². The van der Waals surface area contributed by atoms with Crippen LogP contribution < -0.4 is 10.1 Å². The first-order valence-corrected chi connectivity index (χ1v) is 9.48. The third-order valence-electron chi connectivity index (χ3n) is 4.17. The maximum atomic E-state index is 6.11. The number of nitrogens with one attached hydrogen (secondary N) is 1. The third-order valence-corrected chi connectivity index (χ3v) is 5.34. The van der Waals surface area contributed by atoms with Gasteiger partial charge in [-0.2, -0.15) is 0 Å². The van der Waals surface area contributed by atoms with Gasteiger partial charge < -0.3 is 9.57 Å². The van der Waals surface area contributed by atoms with Gasteiger partial charge in [0.05, 0.1) is 0 Å². The third kappa shape index (κ3) is 4.35. The highest BCUT2D eigenvalue weighted by Gasteiger charge is 2.24. The molecule has 1 aliphatic rings. The summed E-state index contributed by atoms with van der Waals surface area (Å²) in [6, 6.07) is 14.5. The van der Waals surface area contributed by atoms with Crippen LogP contribution in [0.4, 0.5) is 0 Å². The SMILES string of the molecule is CON=C(c1ccccc1COc1cc(C)ccc1C)C1NCCS1. The molecule has 1 unspecified atom stereocenters. The molecule has 1 heterocycles. The van der Waals surface area contributed by atoms with Gasteiger partial charge in [0.15, 0.2) is 0 Å². The molecule has 5 heteroatoms. The fourth-order valence-corrected chi connectivity index (χ4v) is 3.89. The molecule has 1 aliphatic heterocycles. The maximum Gasteiger partial charge on any atom is 0.122 e. The van der Waals surface area contributed by atoms with E-state index in [0.29, 0.717) is 6.61 Å². The first-order valence-electron chi connectivity index (χ1n) is 8.43. The molecule has 2 aromatic rings. The monoisotopic (exact) mass is 356 g/mol. The molecule has 0 amide bonds. The van der Waals surface area contributed by atoms with Crippen molar-refractivity contribution in [2.75, 3.05) is 19.4 Å². The van der Waals surface area contributed by atoms with Gasteiger partial charge in [-0.1, -0.05) is 41.6 Å². The number of thioether (sulfide) groups is 1. The highest BCUT2D eigenvalue weighted by molar-refractivity contribution is 8.00. The molecule has 3 rings (SSSR count). The van der Waals surface area contributed by atoms with Crippen LogP contribution >= 0.6 is 11.8 Å². The molecule has 0 aliphatic carbocycles. The van der Waals surface area contributed by atoms with E-state index >= 15 is 0 Å². The van der Waals surface area contributed by atoms with Gasteiger partial charge in [-0.05, 0) is 36.6 Å². The van der Waals surface area contributed by atoms with Crippen LogP contribution in [-0.2, 0) is 11.4 Å². The van der Waals surface area contributed by atoms with E-state index in [1.54, 1.807) is 7.11 Å². The number of ether oxygens (including phenoxy) is 1. The molecule has 0 bridgehead atoms. The molecule has 1 saturated heterocycles. The molecule has 0 saturated carbocycles. The van der Waals surface area contributed by atoms with Crippen molar-refractivity contribution in [3.05, 3.63) is 64.7 Å². The Morgan fingerprint density at radius 3 is 2.84 bits per heavy atom. The largest absolute Gasteiger partial charge is 0.489 e. The van der Waals surface area contributed by atoms with Crippen LogP contribution in [0.5, 0.6) is 5.75 Å². The van der Waals surface area contributed by atoms with E-state index in [1.165, 1.54) is 5.56 Å². The summed E-state index contributed by atoms with van der Waals surface area (Å²) in [5.41, 5.74) is 5.43. The standard InChI is InChI=1S/C20H24N2O2S/c1-14-8-9-15(2)18(12-14)24-13-16-6-4-5-7-17(16)19(22-23-3)20-21-10-11-25-20/h4-9,12,20-21H,10-11,13H2,1-3H3. The summed E-state index contributed by atoms with van der Waals surface area (Å²) in [7, 11) is 1.59. The van der Waals surface area contributed by atoms with Crippen molar-refractivity contribution in [1.29, 1.82) is 0 Å². The molecule has 25 heavy (non-hydrogen) atoms. The predicted molar refractivity (Wildman–Crippen MR) is 104 cm³/mol. The van der Waals surface area contributed by atoms with Gasteiger partial charge in [0.2, 0.25) is 0 Å². The van der Waals surface area contributed by atoms with Crippen LogP contribution in [0, 0.1) is 13.8 Å². The molecule has 4 nitrogen and oxygen atoms in total. The first kappa shape index (κ1) is 17.8. The van der Waals surface area contributed by atoms with Crippen LogP contribution in [0.3, 0.4) is 0 Å². The minimum absolute atomic E-state index is 0.154. The van der Waals surface area contributed by atoms with Gasteiger partial charge in [0.25, 0.3) is 0 Å². The van der Waals surface area contributed by atoms with Gasteiger partial charge in [-0.25, -0.2) is 0 Å². The number of hydrogen-bond donors (Lipinski definition) is 1. The average Bonchev–Trinajstić information content (AvgIpc) is 3.15. The Hall–Kier alpha value is -1.98. The summed E-state index contributed by atoms with van der Waals surface area (Å²) >= 11 is 1.85. The van der Waals surface area contributed by atoms with Gasteiger partial charge in [-0.3, -0.25) is 5.32 Å². The summed E-state index contributed by atoms with van der Waals surface area (Å²) < 4.78 is 6.11. The fraction of sp³-hybridized carbons (Fsp3) is 0.350. The van der Waals surface area contributed by atoms with E-state index in [4.69, 9.17) is 9.57 Å². The maximum absolute atomic E-state index is 6.11. The quantitative estimate of drug-likeness (QED) is 0.630. The lowest BCUT2D eigenvalue weighted by Crippen LogP contribution is -2.30. The molecule has 0 radical (unpaired) electrons. The van der Waals surface area contributed by atoms with E-state index in [9.17, 15) is 0 Å². The van der Waals surface area contributed by atoms with Crippen molar-refractivity contribution in [1.82, 2.24) is 5.32 Å². The zero-order chi connectivity index (χ0) is 17.6. The van der Waals surface area contributed by atoms with E-state index in [-0.39, 0.29) is 5.37 Å². The molecule has 0 spiro atoms. The molecule has 1 atom stereocenters. The molecule has 2 aromatic carbocycles. The Balaban J connectivity index is 1.85. The highest BCUT2D eigenvalue weighted by Crippen LogP contribution is 2.24. The number of oxime groups is 1. The zero-order valence-electron chi connectivity index (χ0n) is 14.9. The lowest BCUT2D eigenvalue weighted by molar-refractivity contribution is 0.212. The molecular formula is C20H24N2O2S. The molecule has 1 fully saturated rings. The number of nitrogens with zero attached hydrogens (tertiary/aromatic N) is 1. The normalized spacial score (nSPS) is 17.6. The van der Waals surface area contributed by atoms with Crippen LogP contribution in [-0.4, -0.2) is 30.5 Å². The average molecular weight is 356 g/mol. The Labute approximate surface area is 153 Å². The fourth-order valence-electron chi connectivity index (χ4n) is 2.85. The minimum atomic E-state index is 0.154. The second-order valence-corrected chi connectivity index (χ2v) is 7.29. The van der Waals surface area contributed by atoms with E-state index < -0.39 is 0 Å². The van der Waals surface area contributed by atoms with Crippen LogP contribution in [0.2, 0.25) is 0 Å². The number of aryl methyl sites for hydroxylation is 2. The molecule has 132 valence electrons. The van der Waals surface area contributed by atoms with E-state index in [2.05, 4.69) is 54.7 Å². The number of benzene rings is 2. The van der Waals surface area contributed by atoms with Crippen LogP contribution in [0.25, 0.3) is 0 Å². The van der Waals surface area contributed by atoms with Gasteiger partial charge in [0.1, 0.15) is 30.6 Å². The zero-order valence-corrected chi connectivity index (χ0v) is 15.7. The smallest absolute Gasteiger partial charge is 0.122 e. The summed E-state index contributed by atoms with van der Waals surface area (Å²) in [4.78, 5) is 5.12. The summed E-state index contributed by atoms with van der Waals surface area (Å²) in [5.74, 6) is 2.00. The highest BCUT2D eigenvalue weighted by atomic mass is 32.2. The van der Waals surface area contributed by atoms with Crippen LogP contribution in [0.15, 0.2) is 47.6 Å². The van der Waals surface area contributed by atoms with E-state index in [1.807, 2.05) is 23.9 Å². The first-order chi connectivity index (χ1) is 12.2. The molecule has 0 aromatic heterocycles. The second-order valence-electron chi connectivity index (χ2n) is 6.08. The van der Waals surface area contributed by atoms with Crippen molar-refractivity contribution >= 4 is 17.5 Å². The lowest BCUT2D eigenvalue weighted by atomic mass is 10.0. The Morgan fingerprint density at radius 2 is 2.08 bits per heavy atom. The molecule has 1 N–H and O–H groups in total. The summed E-state index contributed by atoms with van der Waals surface area (Å²) in [5, 5.41) is 7.92. The van der Waals surface area contributed by atoms with Crippen LogP contribution in [0.1, 0.15) is 22.3 Å². The lowest BCUT2D eigenvalue weighted by Gasteiger charge is -2.17. The van der Waals surface area contributed by atoms with Crippen molar-refractivity contribution in [2.45, 2.75) is 25.8 Å². The summed E-state index contributed by atoms with van der Waals surface area (Å²) in [6.07, 6.45) is 0. The number of rotatable bonds is 6. The van der Waals surface area contributed by atoms with Crippen molar-refractivity contribution in [3.8, 4) is 5.75 Å². The van der Waals surface area contributed by atoms with Gasteiger partial charge in [-0.15, -0.1) is 11.8 Å². The van der Waals surface area contributed by atoms with E-state index in [0.717, 1.165) is 40.4 Å². The Morgan fingerprint density at radius 1 is 1.24 bits per heavy atom. The topological polar surface area (TPSA) is 42.9 Å². The van der Waals surface area contributed by atoms with Crippen molar-refractivity contribution in [3.63, 3.8) is 0 Å². The van der Waals surface area contributed by atoms with Gasteiger partial charge in [0, 0.05) is 17.9 Å². The summed E-state index contributed by atoms with van der Waals surface area (Å²) in [6.45, 7) is 5.63. The number of hydrogen-bond acceptors (Lipinski definition) is 5. The van der Waals surface area contributed by atoms with Crippen molar-refractivity contribution < 1.29 is 9.57 Å². The Bertz CT molecular complexity index is 755. The predicted octanol–water partition coefficient (Wildman–Crippen LogP) is 3.90. The minimum Gasteiger partial charge on any atom is -0.489 e. The Kier molecular flexibility index (Phi) is 6.00. The second kappa shape index (κ2) is 8.41. The molecular weight excluding hydrogens is 332 g/mol. The van der Waals surface area contributed by atoms with Gasteiger partial charge >= 0.3 is 0 Å².